The molecule has 0 aromatic heterocycles. The standard InChI is InChI=1S/C26H43Cl2NO4/c1-2-3-4-5-6-7-8-9-10-11-12-13-17-24(31)26(33)23(19-30)29-25(32)18-20-21(27)15-14-16-22(20)28/h14-16,23-24,26,30-31,33H,2-13,17-19H2,1H3,(H,29,32). The molecule has 0 aliphatic rings. The van der Waals surface area contributed by atoms with Crippen LogP contribution in [0.3, 0.4) is 0 Å². The summed E-state index contributed by atoms with van der Waals surface area (Å²) in [5.41, 5.74) is 0.488. The average Bonchev–Trinajstić information content (AvgIpc) is 2.80. The zero-order valence-electron chi connectivity index (χ0n) is 20.1. The van der Waals surface area contributed by atoms with Crippen LogP contribution in [0, 0.1) is 0 Å². The number of unbranched alkanes of at least 4 members (excludes halogenated alkanes) is 11. The van der Waals surface area contributed by atoms with E-state index in [1.807, 2.05) is 0 Å². The number of aliphatic hydroxyl groups excluding tert-OH is 3. The van der Waals surface area contributed by atoms with Crippen LogP contribution in [0.5, 0.6) is 0 Å². The van der Waals surface area contributed by atoms with Gasteiger partial charge >= 0.3 is 0 Å². The van der Waals surface area contributed by atoms with E-state index in [-0.39, 0.29) is 6.42 Å². The quantitative estimate of drug-likeness (QED) is 0.179. The van der Waals surface area contributed by atoms with Crippen LogP contribution in [0.1, 0.15) is 96.0 Å². The molecular weight excluding hydrogens is 461 g/mol. The summed E-state index contributed by atoms with van der Waals surface area (Å²) in [4.78, 5) is 12.4. The van der Waals surface area contributed by atoms with E-state index in [1.54, 1.807) is 18.2 Å². The number of aliphatic hydroxyl groups is 3. The molecule has 0 saturated heterocycles. The summed E-state index contributed by atoms with van der Waals surface area (Å²) in [6, 6.07) is 4.03. The second-order valence-corrected chi connectivity index (χ2v) is 9.78. The molecule has 33 heavy (non-hydrogen) atoms. The van der Waals surface area contributed by atoms with Crippen molar-refractivity contribution >= 4 is 29.1 Å². The minimum absolute atomic E-state index is 0.0729. The highest BCUT2D eigenvalue weighted by atomic mass is 35.5. The fraction of sp³-hybridized carbons (Fsp3) is 0.731. The molecule has 190 valence electrons. The van der Waals surface area contributed by atoms with Crippen LogP contribution in [0.25, 0.3) is 0 Å². The zero-order valence-corrected chi connectivity index (χ0v) is 21.6. The van der Waals surface area contributed by atoms with E-state index in [9.17, 15) is 20.1 Å². The number of rotatable bonds is 19. The van der Waals surface area contributed by atoms with Gasteiger partial charge in [0, 0.05) is 10.0 Å². The summed E-state index contributed by atoms with van der Waals surface area (Å²) in [6.45, 7) is 1.77. The first kappa shape index (κ1) is 30.2. The van der Waals surface area contributed by atoms with E-state index >= 15 is 0 Å². The Hall–Kier alpha value is -0.850. The Balaban J connectivity index is 2.21. The van der Waals surface area contributed by atoms with Gasteiger partial charge < -0.3 is 20.6 Å². The van der Waals surface area contributed by atoms with Gasteiger partial charge in [-0.15, -0.1) is 0 Å². The van der Waals surface area contributed by atoms with E-state index in [4.69, 9.17) is 23.2 Å². The third-order valence-electron chi connectivity index (χ3n) is 6.10. The fourth-order valence-corrected chi connectivity index (χ4v) is 4.52. The Labute approximate surface area is 209 Å². The number of hydrogen-bond acceptors (Lipinski definition) is 4. The summed E-state index contributed by atoms with van der Waals surface area (Å²) in [5, 5.41) is 33.7. The number of carbonyl (C=O) groups is 1. The molecule has 3 unspecified atom stereocenters. The zero-order chi connectivity index (χ0) is 24.5. The maximum absolute atomic E-state index is 12.4. The Bertz CT molecular complexity index is 639. The lowest BCUT2D eigenvalue weighted by molar-refractivity contribution is -0.123. The lowest BCUT2D eigenvalue weighted by atomic mass is 9.99. The van der Waals surface area contributed by atoms with Crippen molar-refractivity contribution in [1.82, 2.24) is 5.32 Å². The summed E-state index contributed by atoms with van der Waals surface area (Å²) in [5.74, 6) is -0.430. The van der Waals surface area contributed by atoms with E-state index in [1.165, 1.54) is 57.8 Å². The van der Waals surface area contributed by atoms with Gasteiger partial charge in [0.15, 0.2) is 0 Å². The van der Waals surface area contributed by atoms with Crippen molar-refractivity contribution in [3.05, 3.63) is 33.8 Å². The molecule has 1 amide bonds. The molecule has 0 bridgehead atoms. The first-order valence-electron chi connectivity index (χ1n) is 12.6. The maximum Gasteiger partial charge on any atom is 0.224 e. The van der Waals surface area contributed by atoms with Gasteiger partial charge in [0.1, 0.15) is 6.10 Å². The Kier molecular flexibility index (Phi) is 16.9. The fourth-order valence-electron chi connectivity index (χ4n) is 3.99. The molecule has 3 atom stereocenters. The monoisotopic (exact) mass is 503 g/mol. The van der Waals surface area contributed by atoms with Crippen LogP contribution in [-0.2, 0) is 11.2 Å². The summed E-state index contributed by atoms with van der Waals surface area (Å²) >= 11 is 12.2. The molecule has 0 fully saturated rings. The van der Waals surface area contributed by atoms with Crippen LogP contribution < -0.4 is 5.32 Å². The van der Waals surface area contributed by atoms with Crippen molar-refractivity contribution in [3.8, 4) is 0 Å². The van der Waals surface area contributed by atoms with Gasteiger partial charge in [-0.1, -0.05) is 113 Å². The summed E-state index contributed by atoms with van der Waals surface area (Å²) < 4.78 is 0. The largest absolute Gasteiger partial charge is 0.394 e. The van der Waals surface area contributed by atoms with E-state index < -0.39 is 30.8 Å². The number of nitrogens with one attached hydrogen (secondary N) is 1. The predicted molar refractivity (Wildman–Crippen MR) is 137 cm³/mol. The lowest BCUT2D eigenvalue weighted by Gasteiger charge is -2.26. The Morgan fingerprint density at radius 3 is 1.85 bits per heavy atom. The van der Waals surface area contributed by atoms with Crippen molar-refractivity contribution < 1.29 is 20.1 Å². The molecule has 1 aromatic rings. The van der Waals surface area contributed by atoms with Crippen molar-refractivity contribution in [2.45, 2.75) is 115 Å². The lowest BCUT2D eigenvalue weighted by Crippen LogP contribution is -2.51. The van der Waals surface area contributed by atoms with Crippen LogP contribution in [0.2, 0.25) is 10.0 Å². The van der Waals surface area contributed by atoms with Crippen LogP contribution in [0.15, 0.2) is 18.2 Å². The van der Waals surface area contributed by atoms with Gasteiger partial charge in [0.25, 0.3) is 0 Å². The van der Waals surface area contributed by atoms with Gasteiger partial charge in [-0.05, 0) is 24.1 Å². The SMILES string of the molecule is CCCCCCCCCCCCCCC(O)C(O)C(CO)NC(=O)Cc1c(Cl)cccc1Cl. The molecule has 1 rings (SSSR count). The molecule has 0 aliphatic heterocycles. The normalized spacial score (nSPS) is 14.1. The molecule has 1 aromatic carbocycles. The smallest absolute Gasteiger partial charge is 0.224 e. The first-order chi connectivity index (χ1) is 15.9. The van der Waals surface area contributed by atoms with Gasteiger partial charge in [-0.3, -0.25) is 4.79 Å². The molecule has 0 spiro atoms. The van der Waals surface area contributed by atoms with Crippen molar-refractivity contribution in [2.24, 2.45) is 0 Å². The third-order valence-corrected chi connectivity index (χ3v) is 6.81. The van der Waals surface area contributed by atoms with Crippen LogP contribution >= 0.6 is 23.2 Å². The van der Waals surface area contributed by atoms with Crippen LogP contribution in [0.4, 0.5) is 0 Å². The maximum atomic E-state index is 12.4. The first-order valence-corrected chi connectivity index (χ1v) is 13.4. The highest BCUT2D eigenvalue weighted by Crippen LogP contribution is 2.24. The minimum Gasteiger partial charge on any atom is -0.394 e. The van der Waals surface area contributed by atoms with Crippen molar-refractivity contribution in [2.75, 3.05) is 6.61 Å². The van der Waals surface area contributed by atoms with Crippen molar-refractivity contribution in [1.29, 1.82) is 0 Å². The topological polar surface area (TPSA) is 89.8 Å². The molecule has 0 saturated carbocycles. The molecule has 7 heteroatoms. The third kappa shape index (κ3) is 13.0. The van der Waals surface area contributed by atoms with E-state index in [0.717, 1.165) is 19.3 Å². The van der Waals surface area contributed by atoms with Gasteiger partial charge in [0.2, 0.25) is 5.91 Å². The molecule has 4 N–H and O–H groups in total. The Morgan fingerprint density at radius 2 is 1.36 bits per heavy atom. The molecule has 0 aliphatic carbocycles. The second-order valence-electron chi connectivity index (χ2n) is 8.97. The molecule has 0 heterocycles. The number of benzene rings is 1. The summed E-state index contributed by atoms with van der Waals surface area (Å²) in [7, 11) is 0. The molecular formula is C26H43Cl2NO4. The number of carbonyl (C=O) groups excluding carboxylic acids is 1. The minimum atomic E-state index is -1.24. The van der Waals surface area contributed by atoms with Gasteiger partial charge in [-0.2, -0.15) is 0 Å². The molecule has 0 radical (unpaired) electrons. The van der Waals surface area contributed by atoms with Crippen LogP contribution in [-0.4, -0.2) is 46.1 Å². The number of amides is 1. The number of hydrogen-bond donors (Lipinski definition) is 4. The summed E-state index contributed by atoms with van der Waals surface area (Å²) in [6.07, 6.45) is 12.8. The Morgan fingerprint density at radius 1 is 0.879 bits per heavy atom. The average molecular weight is 505 g/mol. The highest BCUT2D eigenvalue weighted by molar-refractivity contribution is 6.36. The highest BCUT2D eigenvalue weighted by Gasteiger charge is 2.27. The van der Waals surface area contributed by atoms with Gasteiger partial charge in [-0.25, -0.2) is 0 Å². The second kappa shape index (κ2) is 18.5. The van der Waals surface area contributed by atoms with E-state index in [2.05, 4.69) is 12.2 Å². The van der Waals surface area contributed by atoms with Gasteiger partial charge in [0.05, 0.1) is 25.2 Å². The van der Waals surface area contributed by atoms with Crippen molar-refractivity contribution in [3.63, 3.8) is 0 Å². The molecule has 5 nitrogen and oxygen atoms in total. The predicted octanol–water partition coefficient (Wildman–Crippen LogP) is 5.83. The van der Waals surface area contributed by atoms with E-state index in [0.29, 0.717) is 22.0 Å². The number of halogens is 2.